The molecule has 0 aliphatic heterocycles. The molecule has 0 saturated carbocycles. The van der Waals surface area contributed by atoms with E-state index in [1.165, 1.54) is 0 Å². The molecule has 0 fully saturated rings. The molecule has 1 aromatic heterocycles. The van der Waals surface area contributed by atoms with Crippen molar-refractivity contribution in [2.24, 2.45) is 5.73 Å². The zero-order chi connectivity index (χ0) is 26.9. The van der Waals surface area contributed by atoms with Crippen molar-refractivity contribution in [2.75, 3.05) is 0 Å². The molecule has 0 spiro atoms. The third-order valence-corrected chi connectivity index (χ3v) is 6.49. The third-order valence-electron chi connectivity index (χ3n) is 6.49. The summed E-state index contributed by atoms with van der Waals surface area (Å²) >= 11 is 0. The van der Waals surface area contributed by atoms with Crippen LogP contribution in [0.3, 0.4) is 0 Å². The first-order valence-corrected chi connectivity index (χ1v) is 12.7. The van der Waals surface area contributed by atoms with E-state index in [-0.39, 0.29) is 17.6 Å². The summed E-state index contributed by atoms with van der Waals surface area (Å²) in [5.74, 6) is -0.492. The predicted octanol–water partition coefficient (Wildman–Crippen LogP) is 3.36. The Balaban J connectivity index is 1.35. The summed E-state index contributed by atoms with van der Waals surface area (Å²) in [6, 6.07) is 26.1. The van der Waals surface area contributed by atoms with Gasteiger partial charge in [0.25, 0.3) is 0 Å². The van der Waals surface area contributed by atoms with Gasteiger partial charge in [0.1, 0.15) is 11.9 Å². The molecule has 1 heterocycles. The first-order chi connectivity index (χ1) is 18.4. The van der Waals surface area contributed by atoms with Gasteiger partial charge in [-0.1, -0.05) is 72.8 Å². The molecule has 196 valence electrons. The van der Waals surface area contributed by atoms with E-state index in [4.69, 9.17) is 11.1 Å². The molecular formula is C30H34N6O2. The fraction of sp³-hybridized carbons (Fsp3) is 0.233. The van der Waals surface area contributed by atoms with Crippen LogP contribution in [0.2, 0.25) is 0 Å². The van der Waals surface area contributed by atoms with E-state index in [1.54, 1.807) is 19.1 Å². The Morgan fingerprint density at radius 1 is 0.895 bits per heavy atom. The maximum absolute atomic E-state index is 13.3. The number of nitrogen functional groups attached to an aromatic ring is 1. The summed E-state index contributed by atoms with van der Waals surface area (Å²) in [5, 5.41) is 17.7. The second-order valence-electron chi connectivity index (χ2n) is 9.40. The molecule has 2 amide bonds. The summed E-state index contributed by atoms with van der Waals surface area (Å²) in [7, 11) is 0. The van der Waals surface area contributed by atoms with Crippen molar-refractivity contribution in [3.63, 3.8) is 0 Å². The van der Waals surface area contributed by atoms with Gasteiger partial charge < -0.3 is 26.7 Å². The molecule has 0 unspecified atom stereocenters. The average Bonchev–Trinajstić information content (AvgIpc) is 3.35. The number of fused-ring (bicyclic) bond motifs is 1. The number of carbonyl (C=O) groups is 2. The van der Waals surface area contributed by atoms with Crippen molar-refractivity contribution in [2.45, 2.75) is 44.9 Å². The number of benzene rings is 3. The van der Waals surface area contributed by atoms with Gasteiger partial charge in [-0.15, -0.1) is 0 Å². The molecule has 3 aromatic carbocycles. The zero-order valence-corrected chi connectivity index (χ0v) is 21.5. The zero-order valence-electron chi connectivity index (χ0n) is 21.5. The molecule has 38 heavy (non-hydrogen) atoms. The van der Waals surface area contributed by atoms with Crippen LogP contribution in [0, 0.1) is 5.41 Å². The fourth-order valence-corrected chi connectivity index (χ4v) is 4.27. The minimum absolute atomic E-state index is 0.00288. The number of hydrogen-bond acceptors (Lipinski definition) is 4. The van der Waals surface area contributed by atoms with Crippen LogP contribution in [0.25, 0.3) is 10.9 Å². The Labute approximate surface area is 222 Å². The number of carbonyl (C=O) groups excluding carboxylic acids is 2. The molecule has 0 saturated heterocycles. The highest BCUT2D eigenvalue weighted by Gasteiger charge is 2.23. The van der Waals surface area contributed by atoms with Crippen molar-refractivity contribution in [1.82, 2.24) is 20.9 Å². The summed E-state index contributed by atoms with van der Waals surface area (Å²) in [4.78, 5) is 29.3. The van der Waals surface area contributed by atoms with Gasteiger partial charge in [0, 0.05) is 29.9 Å². The minimum atomic E-state index is -0.701. The number of para-hydroxylation sites is 1. The van der Waals surface area contributed by atoms with Crippen LogP contribution in [0.1, 0.15) is 35.7 Å². The molecular weight excluding hydrogens is 476 g/mol. The lowest BCUT2D eigenvalue weighted by Crippen LogP contribution is -2.51. The normalized spacial score (nSPS) is 12.6. The molecule has 8 heteroatoms. The van der Waals surface area contributed by atoms with E-state index >= 15 is 0 Å². The monoisotopic (exact) mass is 510 g/mol. The Kier molecular flexibility index (Phi) is 8.89. The van der Waals surface area contributed by atoms with E-state index in [9.17, 15) is 9.59 Å². The van der Waals surface area contributed by atoms with Crippen molar-refractivity contribution in [3.05, 3.63) is 107 Å². The summed E-state index contributed by atoms with van der Waals surface area (Å²) < 4.78 is 0. The van der Waals surface area contributed by atoms with Crippen molar-refractivity contribution >= 4 is 28.6 Å². The topological polar surface area (TPSA) is 136 Å². The van der Waals surface area contributed by atoms with Crippen LogP contribution in [-0.4, -0.2) is 34.7 Å². The Hall–Kier alpha value is -4.43. The second kappa shape index (κ2) is 12.7. The van der Waals surface area contributed by atoms with E-state index in [0.717, 1.165) is 34.1 Å². The lowest BCUT2D eigenvalue weighted by atomic mass is 10.0. The van der Waals surface area contributed by atoms with Crippen LogP contribution in [0.5, 0.6) is 0 Å². The second-order valence-corrected chi connectivity index (χ2v) is 9.40. The van der Waals surface area contributed by atoms with Gasteiger partial charge in [0.05, 0.1) is 6.04 Å². The highest BCUT2D eigenvalue weighted by atomic mass is 16.2. The van der Waals surface area contributed by atoms with Crippen molar-refractivity contribution in [3.8, 4) is 0 Å². The molecule has 0 radical (unpaired) electrons. The van der Waals surface area contributed by atoms with Crippen molar-refractivity contribution in [1.29, 1.82) is 5.41 Å². The van der Waals surface area contributed by atoms with Crippen LogP contribution < -0.4 is 21.7 Å². The number of aromatic nitrogens is 1. The largest absolute Gasteiger partial charge is 0.384 e. The minimum Gasteiger partial charge on any atom is -0.384 e. The lowest BCUT2D eigenvalue weighted by Gasteiger charge is -2.21. The molecule has 0 bridgehead atoms. The van der Waals surface area contributed by atoms with Crippen LogP contribution in [-0.2, 0) is 29.1 Å². The molecule has 2 atom stereocenters. The van der Waals surface area contributed by atoms with Gasteiger partial charge in [0.15, 0.2) is 0 Å². The Morgan fingerprint density at radius 2 is 1.61 bits per heavy atom. The van der Waals surface area contributed by atoms with E-state index in [2.05, 4.69) is 27.0 Å². The number of nitrogens with two attached hydrogens (primary N) is 1. The molecule has 4 rings (SSSR count). The van der Waals surface area contributed by atoms with Gasteiger partial charge in [-0.05, 0) is 48.4 Å². The third kappa shape index (κ3) is 7.30. The van der Waals surface area contributed by atoms with Gasteiger partial charge in [0.2, 0.25) is 11.8 Å². The summed E-state index contributed by atoms with van der Waals surface area (Å²) in [5.41, 5.74) is 10.2. The van der Waals surface area contributed by atoms with Crippen LogP contribution in [0.15, 0.2) is 84.9 Å². The highest BCUT2D eigenvalue weighted by molar-refractivity contribution is 5.95. The number of hydrogen-bond donors (Lipinski definition) is 6. The number of nitrogens with one attached hydrogen (secondary N) is 5. The average molecular weight is 511 g/mol. The number of H-pyrrole nitrogens is 1. The van der Waals surface area contributed by atoms with Gasteiger partial charge in [-0.25, -0.2) is 0 Å². The lowest BCUT2D eigenvalue weighted by molar-refractivity contribution is -0.129. The maximum atomic E-state index is 13.3. The van der Waals surface area contributed by atoms with E-state index < -0.39 is 12.1 Å². The molecule has 4 aromatic rings. The number of amides is 2. The van der Waals surface area contributed by atoms with Crippen LogP contribution >= 0.6 is 0 Å². The van der Waals surface area contributed by atoms with Crippen LogP contribution in [0.4, 0.5) is 0 Å². The van der Waals surface area contributed by atoms with E-state index in [0.29, 0.717) is 25.1 Å². The Bertz CT molecular complexity index is 1350. The first kappa shape index (κ1) is 26.6. The number of aromatic amines is 1. The summed E-state index contributed by atoms with van der Waals surface area (Å²) in [6.45, 7) is 2.49. The molecule has 0 aliphatic rings. The van der Waals surface area contributed by atoms with E-state index in [1.807, 2.05) is 66.7 Å². The molecule has 7 N–H and O–H groups in total. The smallest absolute Gasteiger partial charge is 0.242 e. The highest BCUT2D eigenvalue weighted by Crippen LogP contribution is 2.15. The Morgan fingerprint density at radius 3 is 2.32 bits per heavy atom. The van der Waals surface area contributed by atoms with Gasteiger partial charge in [-0.2, -0.15) is 0 Å². The SMILES string of the molecule is C[C@H](NC(=O)[C@@H](CCc1ccccc1)NCc1cc2ccccc2[nH]1)C(=O)NCc1ccc(C(=N)N)cc1. The molecule has 0 aliphatic carbocycles. The standard InChI is InChI=1S/C30H34N6O2/c1-20(29(37)34-18-22-11-14-23(15-12-22)28(31)32)35-30(38)27(16-13-21-7-3-2-4-8-21)33-19-25-17-24-9-5-6-10-26(24)36-25/h2-12,14-15,17,20,27,33,36H,13,16,18-19H2,1H3,(H3,31,32)(H,34,37)(H,35,38)/t20-,27+/m0/s1. The van der Waals surface area contributed by atoms with Gasteiger partial charge in [-0.3, -0.25) is 15.0 Å². The fourth-order valence-electron chi connectivity index (χ4n) is 4.27. The number of aryl methyl sites for hydroxylation is 1. The maximum Gasteiger partial charge on any atom is 0.242 e. The first-order valence-electron chi connectivity index (χ1n) is 12.7. The van der Waals surface area contributed by atoms with Gasteiger partial charge >= 0.3 is 0 Å². The quantitative estimate of drug-likeness (QED) is 0.129. The molecule has 8 nitrogen and oxygen atoms in total. The van der Waals surface area contributed by atoms with Crippen molar-refractivity contribution < 1.29 is 9.59 Å². The number of rotatable bonds is 12. The predicted molar refractivity (Wildman–Crippen MR) is 151 cm³/mol. The summed E-state index contributed by atoms with van der Waals surface area (Å²) in [6.07, 6.45) is 1.32. The number of amidine groups is 1.